The second kappa shape index (κ2) is 7.91. The van der Waals surface area contributed by atoms with E-state index in [0.29, 0.717) is 22.4 Å². The molecule has 1 N–H and O–H groups in total. The van der Waals surface area contributed by atoms with E-state index in [1.54, 1.807) is 43.3 Å². The Morgan fingerprint density at radius 2 is 1.74 bits per heavy atom. The molecule has 4 rings (SSSR count). The van der Waals surface area contributed by atoms with Gasteiger partial charge in [-0.25, -0.2) is 4.90 Å². The molecule has 1 aliphatic rings. The van der Waals surface area contributed by atoms with Gasteiger partial charge in [0, 0.05) is 18.3 Å². The number of hydrogen-bond acceptors (Lipinski definition) is 6. The summed E-state index contributed by atoms with van der Waals surface area (Å²) in [6.07, 6.45) is 1.51. The van der Waals surface area contributed by atoms with Crippen LogP contribution in [0.5, 0.6) is 11.5 Å². The van der Waals surface area contributed by atoms with Crippen LogP contribution < -0.4 is 19.7 Å². The number of benzene rings is 2. The first-order valence-electron chi connectivity index (χ1n) is 9.43. The van der Waals surface area contributed by atoms with Gasteiger partial charge in [0.2, 0.25) is 0 Å². The van der Waals surface area contributed by atoms with Crippen molar-refractivity contribution in [1.29, 1.82) is 0 Å². The van der Waals surface area contributed by atoms with Gasteiger partial charge in [0.1, 0.15) is 17.2 Å². The molecule has 1 aliphatic heterocycles. The summed E-state index contributed by atoms with van der Waals surface area (Å²) in [6, 6.07) is 13.1. The van der Waals surface area contributed by atoms with Gasteiger partial charge in [-0.1, -0.05) is 18.2 Å². The van der Waals surface area contributed by atoms with E-state index < -0.39 is 17.7 Å². The molecule has 0 saturated heterocycles. The fraction of sp³-hybridized carbons (Fsp3) is 0.130. The minimum Gasteiger partial charge on any atom is -0.494 e. The Labute approximate surface area is 178 Å². The van der Waals surface area contributed by atoms with Gasteiger partial charge < -0.3 is 14.8 Å². The summed E-state index contributed by atoms with van der Waals surface area (Å²) in [6.45, 7) is 1.78. The molecule has 8 nitrogen and oxygen atoms in total. The zero-order valence-corrected chi connectivity index (χ0v) is 17.1. The number of methoxy groups -OCH3 is 2. The minimum absolute atomic E-state index is 0.223. The molecule has 0 aliphatic carbocycles. The van der Waals surface area contributed by atoms with Crippen molar-refractivity contribution < 1.29 is 23.9 Å². The van der Waals surface area contributed by atoms with Crippen LogP contribution in [0, 0.1) is 6.92 Å². The van der Waals surface area contributed by atoms with Crippen LogP contribution in [-0.4, -0.2) is 36.9 Å². The van der Waals surface area contributed by atoms with Crippen molar-refractivity contribution in [2.24, 2.45) is 0 Å². The van der Waals surface area contributed by atoms with E-state index in [4.69, 9.17) is 9.47 Å². The SMILES string of the molecule is COc1cc(N2C(=O)c3cccc(C)c3C2=O)c(OC)cc1NC(=O)c1ccccn1. The molecule has 156 valence electrons. The van der Waals surface area contributed by atoms with Crippen LogP contribution in [0.25, 0.3) is 0 Å². The monoisotopic (exact) mass is 417 g/mol. The first-order chi connectivity index (χ1) is 15.0. The zero-order chi connectivity index (χ0) is 22.1. The molecule has 31 heavy (non-hydrogen) atoms. The lowest BCUT2D eigenvalue weighted by atomic mass is 10.0. The second-order valence-electron chi connectivity index (χ2n) is 6.84. The maximum Gasteiger partial charge on any atom is 0.274 e. The average Bonchev–Trinajstić information content (AvgIpc) is 3.05. The van der Waals surface area contributed by atoms with Crippen molar-refractivity contribution in [3.05, 3.63) is 77.1 Å². The van der Waals surface area contributed by atoms with Crippen molar-refractivity contribution in [2.45, 2.75) is 6.92 Å². The van der Waals surface area contributed by atoms with Crippen molar-refractivity contribution in [3.63, 3.8) is 0 Å². The van der Waals surface area contributed by atoms with E-state index >= 15 is 0 Å². The number of fused-ring (bicyclic) bond motifs is 1. The lowest BCUT2D eigenvalue weighted by molar-refractivity contribution is 0.0923. The summed E-state index contributed by atoms with van der Waals surface area (Å²) in [5, 5.41) is 2.72. The third-order valence-electron chi connectivity index (χ3n) is 5.01. The number of rotatable bonds is 5. The Hall–Kier alpha value is -4.20. The standard InChI is InChI=1S/C23H19N3O5/c1-13-7-6-8-14-20(13)23(29)26(22(14)28)17-12-18(30-2)16(11-19(17)31-3)25-21(27)15-9-4-5-10-24-15/h4-12H,1-3H3,(H,25,27). The third-order valence-corrected chi connectivity index (χ3v) is 5.01. The maximum atomic E-state index is 13.1. The lowest BCUT2D eigenvalue weighted by Gasteiger charge is -2.20. The molecule has 0 fully saturated rings. The van der Waals surface area contributed by atoms with Crippen molar-refractivity contribution in [1.82, 2.24) is 4.98 Å². The van der Waals surface area contributed by atoms with Crippen LogP contribution in [0.2, 0.25) is 0 Å². The number of anilines is 2. The Morgan fingerprint density at radius 1 is 0.968 bits per heavy atom. The summed E-state index contributed by atoms with van der Waals surface area (Å²) in [5.74, 6) is -0.847. The number of amides is 3. The highest BCUT2D eigenvalue weighted by molar-refractivity contribution is 6.35. The number of pyridine rings is 1. The van der Waals surface area contributed by atoms with Gasteiger partial charge in [0.05, 0.1) is 36.7 Å². The van der Waals surface area contributed by atoms with E-state index in [-0.39, 0.29) is 22.9 Å². The summed E-state index contributed by atoms with van der Waals surface area (Å²) >= 11 is 0. The number of nitrogens with one attached hydrogen (secondary N) is 1. The highest BCUT2D eigenvalue weighted by atomic mass is 16.5. The number of imide groups is 1. The number of aryl methyl sites for hydroxylation is 1. The molecule has 0 unspecified atom stereocenters. The van der Waals surface area contributed by atoms with E-state index in [9.17, 15) is 14.4 Å². The number of aromatic nitrogens is 1. The topological polar surface area (TPSA) is 97.8 Å². The second-order valence-corrected chi connectivity index (χ2v) is 6.84. The Balaban J connectivity index is 1.75. The molecule has 8 heteroatoms. The molecule has 2 heterocycles. The van der Waals surface area contributed by atoms with Gasteiger partial charge in [-0.3, -0.25) is 19.4 Å². The number of hydrogen-bond donors (Lipinski definition) is 1. The van der Waals surface area contributed by atoms with E-state index in [2.05, 4.69) is 10.3 Å². The fourth-order valence-electron chi connectivity index (χ4n) is 3.51. The quantitative estimate of drug-likeness (QED) is 0.639. The van der Waals surface area contributed by atoms with Gasteiger partial charge in [-0.2, -0.15) is 0 Å². The number of nitrogens with zero attached hydrogens (tertiary/aromatic N) is 2. The van der Waals surface area contributed by atoms with Crippen LogP contribution in [0.1, 0.15) is 36.8 Å². The van der Waals surface area contributed by atoms with E-state index in [1.807, 2.05) is 0 Å². The van der Waals surface area contributed by atoms with Crippen molar-refractivity contribution >= 4 is 29.1 Å². The highest BCUT2D eigenvalue weighted by Crippen LogP contribution is 2.42. The summed E-state index contributed by atoms with van der Waals surface area (Å²) in [4.78, 5) is 43.7. The minimum atomic E-state index is -0.450. The number of carbonyl (C=O) groups is 3. The lowest BCUT2D eigenvalue weighted by Crippen LogP contribution is -2.30. The fourth-order valence-corrected chi connectivity index (χ4v) is 3.51. The maximum absolute atomic E-state index is 13.1. The highest BCUT2D eigenvalue weighted by Gasteiger charge is 2.39. The van der Waals surface area contributed by atoms with E-state index in [0.717, 1.165) is 4.90 Å². The van der Waals surface area contributed by atoms with Gasteiger partial charge in [-0.15, -0.1) is 0 Å². The Morgan fingerprint density at radius 3 is 2.39 bits per heavy atom. The molecule has 0 bridgehead atoms. The molecule has 0 atom stereocenters. The molecule has 0 spiro atoms. The molecule has 2 aromatic carbocycles. The van der Waals surface area contributed by atoms with Gasteiger partial charge >= 0.3 is 0 Å². The van der Waals surface area contributed by atoms with Crippen LogP contribution in [0.4, 0.5) is 11.4 Å². The van der Waals surface area contributed by atoms with Gasteiger partial charge in [-0.05, 0) is 30.7 Å². The smallest absolute Gasteiger partial charge is 0.274 e. The molecule has 0 saturated carbocycles. The van der Waals surface area contributed by atoms with Crippen LogP contribution in [0.15, 0.2) is 54.7 Å². The first-order valence-corrected chi connectivity index (χ1v) is 9.43. The molecule has 0 radical (unpaired) electrons. The van der Waals surface area contributed by atoms with Crippen molar-refractivity contribution in [2.75, 3.05) is 24.4 Å². The van der Waals surface area contributed by atoms with Crippen LogP contribution in [-0.2, 0) is 0 Å². The predicted octanol–water partition coefficient (Wildman–Crippen LogP) is 3.46. The molecular formula is C23H19N3O5. The zero-order valence-electron chi connectivity index (χ0n) is 17.1. The summed E-state index contributed by atoms with van der Waals surface area (Å²) in [7, 11) is 2.84. The van der Waals surface area contributed by atoms with Crippen LogP contribution >= 0.6 is 0 Å². The average molecular weight is 417 g/mol. The molecule has 1 aromatic heterocycles. The summed E-state index contributed by atoms with van der Waals surface area (Å²) < 4.78 is 10.9. The normalized spacial score (nSPS) is 12.5. The largest absolute Gasteiger partial charge is 0.494 e. The number of ether oxygens (including phenoxy) is 2. The first kappa shape index (κ1) is 20.1. The predicted molar refractivity (Wildman–Crippen MR) is 114 cm³/mol. The summed E-state index contributed by atoms with van der Waals surface area (Å²) in [5.41, 5.74) is 2.17. The Bertz CT molecular complexity index is 1210. The van der Waals surface area contributed by atoms with Crippen molar-refractivity contribution in [3.8, 4) is 11.5 Å². The van der Waals surface area contributed by atoms with Crippen LogP contribution in [0.3, 0.4) is 0 Å². The molecule has 3 amide bonds. The third kappa shape index (κ3) is 3.38. The Kier molecular flexibility index (Phi) is 5.12. The van der Waals surface area contributed by atoms with Gasteiger partial charge in [0.15, 0.2) is 0 Å². The molecule has 3 aromatic rings. The van der Waals surface area contributed by atoms with Gasteiger partial charge in [0.25, 0.3) is 17.7 Å². The molecular weight excluding hydrogens is 398 g/mol. The van der Waals surface area contributed by atoms with E-state index in [1.165, 1.54) is 32.5 Å². The number of carbonyl (C=O) groups excluding carboxylic acids is 3.